The predicted molar refractivity (Wildman–Crippen MR) is 68.2 cm³/mol. The molecule has 17 heavy (non-hydrogen) atoms. The standard InChI is InChI=1S/C15H14NO/c16-15(17)11-8-12-6-9-14(10-7-12)13-4-2-1-3-5-13/h1-2,4-7,9-10H,8,11H2,(H2,16,17). The molecule has 0 unspecified atom stereocenters. The van der Waals surface area contributed by atoms with Gasteiger partial charge in [-0.3, -0.25) is 4.79 Å². The average molecular weight is 224 g/mol. The summed E-state index contributed by atoms with van der Waals surface area (Å²) in [6.45, 7) is 0. The third-order valence-corrected chi connectivity index (χ3v) is 2.65. The first-order chi connectivity index (χ1) is 8.25. The maximum atomic E-state index is 10.7. The molecule has 1 amide bonds. The molecule has 0 saturated carbocycles. The van der Waals surface area contributed by atoms with E-state index in [2.05, 4.69) is 24.3 Å². The van der Waals surface area contributed by atoms with Gasteiger partial charge in [0.1, 0.15) is 0 Å². The van der Waals surface area contributed by atoms with Crippen LogP contribution in [0.2, 0.25) is 0 Å². The summed E-state index contributed by atoms with van der Waals surface area (Å²) in [5, 5.41) is 0. The van der Waals surface area contributed by atoms with Crippen molar-refractivity contribution in [3.63, 3.8) is 0 Å². The SMILES string of the molecule is NC(=O)CCc1ccc(-c2c[c]ccc2)cc1. The highest BCUT2D eigenvalue weighted by Gasteiger charge is 1.99. The molecule has 0 aliphatic carbocycles. The third kappa shape index (κ3) is 3.18. The number of aryl methyl sites for hydroxylation is 1. The van der Waals surface area contributed by atoms with Crippen LogP contribution in [0.1, 0.15) is 12.0 Å². The van der Waals surface area contributed by atoms with Gasteiger partial charge in [-0.15, -0.1) is 0 Å². The zero-order valence-corrected chi connectivity index (χ0v) is 9.52. The zero-order valence-electron chi connectivity index (χ0n) is 9.52. The molecule has 2 nitrogen and oxygen atoms in total. The summed E-state index contributed by atoms with van der Waals surface area (Å²) in [6, 6.07) is 19.1. The minimum absolute atomic E-state index is 0.258. The molecular formula is C15H14NO. The molecule has 0 fully saturated rings. The van der Waals surface area contributed by atoms with Gasteiger partial charge in [-0.05, 0) is 35.2 Å². The van der Waals surface area contributed by atoms with Crippen molar-refractivity contribution < 1.29 is 4.79 Å². The van der Waals surface area contributed by atoms with Crippen LogP contribution in [0, 0.1) is 6.07 Å². The largest absolute Gasteiger partial charge is 0.370 e. The minimum Gasteiger partial charge on any atom is -0.370 e. The van der Waals surface area contributed by atoms with Gasteiger partial charge in [-0.25, -0.2) is 0 Å². The van der Waals surface area contributed by atoms with Crippen molar-refractivity contribution in [1.29, 1.82) is 0 Å². The molecule has 2 aromatic rings. The molecule has 85 valence electrons. The van der Waals surface area contributed by atoms with Gasteiger partial charge < -0.3 is 5.73 Å². The Bertz CT molecular complexity index is 488. The van der Waals surface area contributed by atoms with Crippen molar-refractivity contribution in [3.05, 3.63) is 60.2 Å². The zero-order chi connectivity index (χ0) is 12.1. The number of primary amides is 1. The lowest BCUT2D eigenvalue weighted by molar-refractivity contribution is -0.117. The Morgan fingerprint density at radius 1 is 1.12 bits per heavy atom. The fourth-order valence-corrected chi connectivity index (χ4v) is 1.70. The van der Waals surface area contributed by atoms with Crippen LogP contribution in [0.15, 0.2) is 48.5 Å². The Labute approximate surface area is 101 Å². The highest BCUT2D eigenvalue weighted by Crippen LogP contribution is 2.19. The fraction of sp³-hybridized carbons (Fsp3) is 0.133. The van der Waals surface area contributed by atoms with Crippen LogP contribution in [0.4, 0.5) is 0 Å². The molecule has 0 bridgehead atoms. The summed E-state index contributed by atoms with van der Waals surface area (Å²) in [5.74, 6) is -0.258. The monoisotopic (exact) mass is 224 g/mol. The van der Waals surface area contributed by atoms with Gasteiger partial charge in [0.15, 0.2) is 0 Å². The van der Waals surface area contributed by atoms with Crippen LogP contribution >= 0.6 is 0 Å². The summed E-state index contributed by atoms with van der Waals surface area (Å²) in [5.41, 5.74) is 8.55. The Kier molecular flexibility index (Phi) is 3.55. The number of carbonyl (C=O) groups is 1. The molecule has 2 aromatic carbocycles. The Hall–Kier alpha value is -2.09. The highest BCUT2D eigenvalue weighted by atomic mass is 16.1. The topological polar surface area (TPSA) is 43.1 Å². The number of rotatable bonds is 4. The Morgan fingerprint density at radius 3 is 2.47 bits per heavy atom. The first-order valence-electron chi connectivity index (χ1n) is 5.59. The van der Waals surface area contributed by atoms with Gasteiger partial charge in [0.25, 0.3) is 0 Å². The smallest absolute Gasteiger partial charge is 0.217 e. The van der Waals surface area contributed by atoms with Crippen LogP contribution in [-0.4, -0.2) is 5.91 Å². The van der Waals surface area contributed by atoms with Gasteiger partial charge in [0.2, 0.25) is 5.91 Å². The van der Waals surface area contributed by atoms with E-state index in [1.54, 1.807) is 0 Å². The van der Waals surface area contributed by atoms with E-state index >= 15 is 0 Å². The summed E-state index contributed by atoms with van der Waals surface area (Å²) in [6.07, 6.45) is 1.11. The van der Waals surface area contributed by atoms with Gasteiger partial charge in [-0.2, -0.15) is 0 Å². The van der Waals surface area contributed by atoms with Crippen LogP contribution < -0.4 is 5.73 Å². The highest BCUT2D eigenvalue weighted by molar-refractivity contribution is 5.74. The number of benzene rings is 2. The van der Waals surface area contributed by atoms with Crippen molar-refractivity contribution >= 4 is 5.91 Å². The summed E-state index contributed by atoms with van der Waals surface area (Å²) < 4.78 is 0. The van der Waals surface area contributed by atoms with E-state index in [4.69, 9.17) is 5.73 Å². The summed E-state index contributed by atoms with van der Waals surface area (Å²) in [7, 11) is 0. The van der Waals surface area contributed by atoms with E-state index in [0.717, 1.165) is 16.7 Å². The second-order valence-electron chi connectivity index (χ2n) is 3.96. The van der Waals surface area contributed by atoms with Crippen molar-refractivity contribution in [1.82, 2.24) is 0 Å². The second kappa shape index (κ2) is 5.30. The molecule has 1 radical (unpaired) electrons. The van der Waals surface area contributed by atoms with Crippen LogP contribution in [0.3, 0.4) is 0 Å². The number of hydrogen-bond donors (Lipinski definition) is 1. The molecule has 2 rings (SSSR count). The quantitative estimate of drug-likeness (QED) is 0.852. The molecule has 2 N–H and O–H groups in total. The lowest BCUT2D eigenvalue weighted by atomic mass is 10.0. The van der Waals surface area contributed by atoms with Crippen molar-refractivity contribution in [2.45, 2.75) is 12.8 Å². The lowest BCUT2D eigenvalue weighted by Gasteiger charge is -2.03. The van der Waals surface area contributed by atoms with E-state index in [-0.39, 0.29) is 5.91 Å². The molecule has 2 heteroatoms. The van der Waals surface area contributed by atoms with E-state index in [9.17, 15) is 4.79 Å². The lowest BCUT2D eigenvalue weighted by Crippen LogP contribution is -2.11. The maximum Gasteiger partial charge on any atom is 0.217 e. The number of hydrogen-bond acceptors (Lipinski definition) is 1. The summed E-state index contributed by atoms with van der Waals surface area (Å²) >= 11 is 0. The normalized spacial score (nSPS) is 10.1. The molecule has 0 aromatic heterocycles. The second-order valence-corrected chi connectivity index (χ2v) is 3.96. The number of carbonyl (C=O) groups excluding carboxylic acids is 1. The van der Waals surface area contributed by atoms with E-state index in [1.807, 2.05) is 30.3 Å². The predicted octanol–water partition coefficient (Wildman–Crippen LogP) is 2.57. The minimum atomic E-state index is -0.258. The molecule has 0 saturated heterocycles. The molecule has 0 atom stereocenters. The first-order valence-corrected chi connectivity index (χ1v) is 5.59. The molecule has 0 heterocycles. The molecular weight excluding hydrogens is 210 g/mol. The average Bonchev–Trinajstić information content (AvgIpc) is 2.38. The van der Waals surface area contributed by atoms with E-state index in [1.165, 1.54) is 0 Å². The maximum absolute atomic E-state index is 10.7. The Morgan fingerprint density at radius 2 is 1.88 bits per heavy atom. The fourth-order valence-electron chi connectivity index (χ4n) is 1.70. The van der Waals surface area contributed by atoms with Gasteiger partial charge >= 0.3 is 0 Å². The molecule has 0 aliphatic heterocycles. The van der Waals surface area contributed by atoms with Gasteiger partial charge in [0, 0.05) is 6.42 Å². The Balaban J connectivity index is 2.11. The third-order valence-electron chi connectivity index (χ3n) is 2.65. The van der Waals surface area contributed by atoms with Crippen molar-refractivity contribution in [2.24, 2.45) is 5.73 Å². The molecule has 0 aliphatic rings. The van der Waals surface area contributed by atoms with Gasteiger partial charge in [-0.1, -0.05) is 42.5 Å². The summed E-state index contributed by atoms with van der Waals surface area (Å²) in [4.78, 5) is 10.7. The van der Waals surface area contributed by atoms with Crippen LogP contribution in [0.5, 0.6) is 0 Å². The molecule has 0 spiro atoms. The van der Waals surface area contributed by atoms with Crippen LogP contribution in [0.25, 0.3) is 11.1 Å². The number of nitrogens with two attached hydrogens (primary N) is 1. The van der Waals surface area contributed by atoms with Crippen molar-refractivity contribution in [2.75, 3.05) is 0 Å². The van der Waals surface area contributed by atoms with E-state index < -0.39 is 0 Å². The van der Waals surface area contributed by atoms with Crippen LogP contribution in [-0.2, 0) is 11.2 Å². The van der Waals surface area contributed by atoms with Gasteiger partial charge in [0.05, 0.1) is 0 Å². The number of amides is 1. The van der Waals surface area contributed by atoms with E-state index in [0.29, 0.717) is 12.8 Å². The van der Waals surface area contributed by atoms with Crippen molar-refractivity contribution in [3.8, 4) is 11.1 Å². The first kappa shape index (κ1) is 11.4.